The number of hydrogen-bond donors (Lipinski definition) is 2. The first-order valence-corrected chi connectivity index (χ1v) is 16.7. The van der Waals surface area contributed by atoms with Gasteiger partial charge in [0.15, 0.2) is 0 Å². The highest BCUT2D eigenvalue weighted by Gasteiger charge is 2.40. The van der Waals surface area contributed by atoms with E-state index in [-0.39, 0.29) is 30.2 Å². The maximum atomic E-state index is 13.1. The molecule has 1 atom stereocenters. The lowest BCUT2D eigenvalue weighted by Crippen LogP contribution is -2.52. The number of likely N-dealkylation sites (tertiary alicyclic amines) is 1. The molecule has 0 radical (unpaired) electrons. The molecule has 4 saturated heterocycles. The number of nitrogens with two attached hydrogens (primary N) is 1. The van der Waals surface area contributed by atoms with E-state index in [1.165, 1.54) is 19.4 Å². The van der Waals surface area contributed by atoms with Gasteiger partial charge in [0.05, 0.1) is 6.54 Å². The smallest absolute Gasteiger partial charge is 0.255 e. The van der Waals surface area contributed by atoms with Crippen LogP contribution < -0.4 is 15.8 Å². The van der Waals surface area contributed by atoms with Gasteiger partial charge in [0, 0.05) is 81.5 Å². The molecule has 232 valence electrons. The second-order valence-corrected chi connectivity index (χ2v) is 13.2. The highest BCUT2D eigenvalue weighted by molar-refractivity contribution is 7.94. The van der Waals surface area contributed by atoms with Crippen LogP contribution in [0.1, 0.15) is 81.1 Å². The number of imide groups is 1. The van der Waals surface area contributed by atoms with E-state index in [0.717, 1.165) is 82.2 Å². The minimum atomic E-state index is -0.608. The Morgan fingerprint density at radius 3 is 2.24 bits per heavy atom. The average molecular weight is 601 g/mol. The maximum Gasteiger partial charge on any atom is 0.255 e. The van der Waals surface area contributed by atoms with Gasteiger partial charge in [0.1, 0.15) is 17.9 Å². The number of piperidine rings is 4. The predicted octanol–water partition coefficient (Wildman–Crippen LogP) is 3.02. The first-order chi connectivity index (χ1) is 20.4. The van der Waals surface area contributed by atoms with Crippen LogP contribution in [0.5, 0.6) is 5.75 Å². The first kappa shape index (κ1) is 31.3. The molecular weight excluding hydrogens is 552 g/mol. The summed E-state index contributed by atoms with van der Waals surface area (Å²) in [4.78, 5) is 41.3. The van der Waals surface area contributed by atoms with Crippen molar-refractivity contribution in [2.45, 2.75) is 89.9 Å². The van der Waals surface area contributed by atoms with Crippen LogP contribution in [-0.4, -0.2) is 100 Å². The molecule has 0 saturated carbocycles. The second kappa shape index (κ2) is 14.5. The van der Waals surface area contributed by atoms with Gasteiger partial charge in [-0.15, -0.1) is 0 Å². The number of fused-ring (bicyclic) bond motifs is 1. The number of rotatable bonds is 7. The number of hydrogen-bond acceptors (Lipinski definition) is 9. The zero-order chi connectivity index (χ0) is 29.6. The quantitative estimate of drug-likeness (QED) is 0.360. The summed E-state index contributed by atoms with van der Waals surface area (Å²) in [5, 5.41) is 2.37. The summed E-state index contributed by atoms with van der Waals surface area (Å²) < 4.78 is 11.5. The summed E-state index contributed by atoms with van der Waals surface area (Å²) in [6.07, 6.45) is 7.41. The van der Waals surface area contributed by atoms with E-state index in [1.54, 1.807) is 4.90 Å². The van der Waals surface area contributed by atoms with Crippen molar-refractivity contribution >= 4 is 29.9 Å². The molecule has 0 aliphatic carbocycles. The van der Waals surface area contributed by atoms with Gasteiger partial charge in [-0.05, 0) is 63.0 Å². The van der Waals surface area contributed by atoms with Gasteiger partial charge in [0.2, 0.25) is 11.8 Å². The second-order valence-electron chi connectivity index (χ2n) is 12.0. The molecule has 0 bridgehead atoms. The SMILES string of the molecule is CC.NC1CCN(SN2CCC(CN3CCC(Oc4cccc5c4CN(C4CCC(=O)NC4=O)C5=O)CC3)CC2)CC1. The normalized spacial score (nSPS) is 25.6. The highest BCUT2D eigenvalue weighted by atomic mass is 32.2. The number of carbonyl (C=O) groups excluding carboxylic acids is 3. The lowest BCUT2D eigenvalue weighted by atomic mass is 9.96. The van der Waals surface area contributed by atoms with Gasteiger partial charge in [-0.3, -0.25) is 19.7 Å². The van der Waals surface area contributed by atoms with Crippen molar-refractivity contribution in [1.82, 2.24) is 23.7 Å². The van der Waals surface area contributed by atoms with Crippen molar-refractivity contribution in [1.29, 1.82) is 0 Å². The van der Waals surface area contributed by atoms with E-state index in [9.17, 15) is 14.4 Å². The van der Waals surface area contributed by atoms with Crippen molar-refractivity contribution in [3.05, 3.63) is 29.3 Å². The molecule has 1 aromatic carbocycles. The fourth-order valence-electron chi connectivity index (χ4n) is 6.72. The lowest BCUT2D eigenvalue weighted by molar-refractivity contribution is -0.136. The van der Waals surface area contributed by atoms with E-state index in [1.807, 2.05) is 44.2 Å². The van der Waals surface area contributed by atoms with Crippen molar-refractivity contribution in [3.63, 3.8) is 0 Å². The molecule has 5 aliphatic heterocycles. The third kappa shape index (κ3) is 7.48. The van der Waals surface area contributed by atoms with E-state index >= 15 is 0 Å². The highest BCUT2D eigenvalue weighted by Crippen LogP contribution is 2.35. The van der Waals surface area contributed by atoms with Crippen LogP contribution in [0.2, 0.25) is 0 Å². The Labute approximate surface area is 254 Å². The molecular formula is C31H48N6O4S. The standard InChI is InChI=1S/C29H42N6O4S.C2H6/c30-21-8-16-34(17-9-21)40-33-14-6-20(7-15-33)18-32-12-10-22(11-13-32)39-26-3-1-2-23-24(26)19-35(29(23)38)25-4-5-27(36)31-28(25)37;1-2/h1-3,20-22,25H,4-19,30H2,(H,31,36,37);1-2H3. The summed E-state index contributed by atoms with van der Waals surface area (Å²) in [7, 11) is 0. The minimum Gasteiger partial charge on any atom is -0.490 e. The molecule has 5 aliphatic rings. The molecule has 3 amide bonds. The number of carbonyl (C=O) groups is 3. The van der Waals surface area contributed by atoms with Crippen molar-refractivity contribution in [2.24, 2.45) is 11.7 Å². The topological polar surface area (TPSA) is 111 Å². The number of nitrogens with one attached hydrogen (secondary N) is 1. The number of benzene rings is 1. The molecule has 42 heavy (non-hydrogen) atoms. The largest absolute Gasteiger partial charge is 0.490 e. The number of amides is 3. The summed E-state index contributed by atoms with van der Waals surface area (Å²) in [6.45, 7) is 12.1. The van der Waals surface area contributed by atoms with Gasteiger partial charge in [-0.25, -0.2) is 8.61 Å². The van der Waals surface area contributed by atoms with Crippen molar-refractivity contribution in [2.75, 3.05) is 45.8 Å². The van der Waals surface area contributed by atoms with Crippen LogP contribution in [0, 0.1) is 5.92 Å². The lowest BCUT2D eigenvalue weighted by Gasteiger charge is -2.39. The number of nitrogens with zero attached hydrogens (tertiary/aromatic N) is 4. The zero-order valence-electron chi connectivity index (χ0n) is 25.3. The summed E-state index contributed by atoms with van der Waals surface area (Å²) in [5.41, 5.74) is 7.51. The van der Waals surface area contributed by atoms with E-state index in [2.05, 4.69) is 18.8 Å². The van der Waals surface area contributed by atoms with Crippen LogP contribution in [0.15, 0.2) is 18.2 Å². The third-order valence-corrected chi connectivity index (χ3v) is 10.4. The van der Waals surface area contributed by atoms with Crippen molar-refractivity contribution in [3.8, 4) is 5.75 Å². The summed E-state index contributed by atoms with van der Waals surface area (Å²) >= 11 is 1.93. The molecule has 11 heteroatoms. The van der Waals surface area contributed by atoms with Crippen LogP contribution in [0.4, 0.5) is 0 Å². The van der Waals surface area contributed by atoms with Gasteiger partial charge in [-0.2, -0.15) is 0 Å². The maximum absolute atomic E-state index is 13.1. The molecule has 1 unspecified atom stereocenters. The summed E-state index contributed by atoms with van der Waals surface area (Å²) in [5.74, 6) is 0.688. The minimum absolute atomic E-state index is 0.124. The summed E-state index contributed by atoms with van der Waals surface area (Å²) in [6, 6.07) is 5.38. The third-order valence-electron chi connectivity index (χ3n) is 9.19. The zero-order valence-corrected chi connectivity index (χ0v) is 26.1. The van der Waals surface area contributed by atoms with Gasteiger partial charge in [-0.1, -0.05) is 19.9 Å². The monoisotopic (exact) mass is 600 g/mol. The molecule has 4 fully saturated rings. The Hall–Kier alpha value is -2.18. The van der Waals surface area contributed by atoms with Crippen LogP contribution in [-0.2, 0) is 16.1 Å². The van der Waals surface area contributed by atoms with Crippen LogP contribution >= 0.6 is 12.1 Å². The van der Waals surface area contributed by atoms with E-state index < -0.39 is 6.04 Å². The van der Waals surface area contributed by atoms with Crippen LogP contribution in [0.3, 0.4) is 0 Å². The first-order valence-electron chi connectivity index (χ1n) is 16.0. The fourth-order valence-corrected chi connectivity index (χ4v) is 7.79. The Morgan fingerprint density at radius 2 is 1.57 bits per heavy atom. The Bertz CT molecular complexity index is 1100. The fraction of sp³-hybridized carbons (Fsp3) is 0.710. The molecule has 1 aromatic rings. The molecule has 10 nitrogen and oxygen atoms in total. The van der Waals surface area contributed by atoms with Crippen LogP contribution in [0.25, 0.3) is 0 Å². The van der Waals surface area contributed by atoms with Gasteiger partial charge in [0.25, 0.3) is 5.91 Å². The Kier molecular flexibility index (Phi) is 10.8. The molecule has 6 rings (SSSR count). The average Bonchev–Trinajstić information content (AvgIpc) is 3.34. The Balaban J connectivity index is 0.00000173. The predicted molar refractivity (Wildman–Crippen MR) is 165 cm³/mol. The van der Waals surface area contributed by atoms with Crippen molar-refractivity contribution < 1.29 is 19.1 Å². The van der Waals surface area contributed by atoms with E-state index in [4.69, 9.17) is 10.5 Å². The van der Waals surface area contributed by atoms with E-state index in [0.29, 0.717) is 24.6 Å². The molecule has 5 heterocycles. The Morgan fingerprint density at radius 1 is 0.905 bits per heavy atom. The van der Waals surface area contributed by atoms with Gasteiger partial charge >= 0.3 is 0 Å². The molecule has 0 spiro atoms. The van der Waals surface area contributed by atoms with Gasteiger partial charge < -0.3 is 20.3 Å². The number of ether oxygens (including phenoxy) is 1. The molecule has 0 aromatic heterocycles. The molecule has 3 N–H and O–H groups in total.